The van der Waals surface area contributed by atoms with E-state index in [2.05, 4.69) is 45.0 Å². The monoisotopic (exact) mass is 798 g/mol. The molecule has 0 bridgehead atoms. The maximum atomic E-state index is 12.6. The van der Waals surface area contributed by atoms with Crippen LogP contribution in [-0.4, -0.2) is 94.0 Å². The van der Waals surface area contributed by atoms with Crippen LogP contribution in [0.15, 0.2) is 121 Å². The lowest BCUT2D eigenvalue weighted by Gasteiger charge is -2.18. The number of anilines is 2. The molecule has 4 N–H and O–H groups in total. The summed E-state index contributed by atoms with van der Waals surface area (Å²) in [6, 6.07) is 19.8. The maximum Gasteiger partial charge on any atom is 0.355 e. The van der Waals surface area contributed by atoms with Gasteiger partial charge in [-0.1, -0.05) is 60.7 Å². The third-order valence-corrected chi connectivity index (χ3v) is 11.2. The molecular formula is C40H38N12O3S2. The van der Waals surface area contributed by atoms with Crippen molar-refractivity contribution in [3.05, 3.63) is 132 Å². The van der Waals surface area contributed by atoms with Crippen molar-refractivity contribution in [1.82, 2.24) is 44.0 Å². The summed E-state index contributed by atoms with van der Waals surface area (Å²) in [5.41, 5.74) is 10.2. The van der Waals surface area contributed by atoms with E-state index in [1.807, 2.05) is 99.6 Å². The quantitative estimate of drug-likeness (QED) is 0.181. The minimum absolute atomic E-state index is 0.0615. The Bertz CT molecular complexity index is 2590. The van der Waals surface area contributed by atoms with Crippen LogP contribution in [-0.2, 0) is 0 Å². The number of rotatable bonds is 7. The van der Waals surface area contributed by atoms with E-state index in [9.17, 15) is 9.59 Å². The van der Waals surface area contributed by atoms with Crippen LogP contribution in [0.1, 0.15) is 33.8 Å². The van der Waals surface area contributed by atoms with Gasteiger partial charge in [-0.2, -0.15) is 0 Å². The van der Waals surface area contributed by atoms with Gasteiger partial charge in [-0.15, -0.1) is 22.7 Å². The second kappa shape index (κ2) is 17.1. The molecule has 8 aromatic rings. The molecule has 0 unspecified atom stereocenters. The number of carbonyl (C=O) groups is 2. The molecule has 0 saturated carbocycles. The summed E-state index contributed by atoms with van der Waals surface area (Å²) in [6.07, 6.45) is 16.6. The number of nitrogens with zero attached hydrogens (tertiary/aromatic N) is 10. The molecule has 10 rings (SSSR count). The average molecular weight is 799 g/mol. The average Bonchev–Trinajstić information content (AvgIpc) is 4.10. The molecule has 1 amide bonds. The number of aromatic carboxylic acids is 1. The summed E-state index contributed by atoms with van der Waals surface area (Å²) in [5, 5.41) is 16.8. The van der Waals surface area contributed by atoms with Gasteiger partial charge in [0.15, 0.2) is 28.6 Å². The van der Waals surface area contributed by atoms with E-state index < -0.39 is 5.97 Å². The Morgan fingerprint density at radius 2 is 1.16 bits per heavy atom. The van der Waals surface area contributed by atoms with Crippen molar-refractivity contribution in [2.24, 2.45) is 5.73 Å². The van der Waals surface area contributed by atoms with Crippen LogP contribution in [0.5, 0.6) is 0 Å². The number of carbonyl (C=O) groups excluding carboxylic acids is 1. The van der Waals surface area contributed by atoms with Gasteiger partial charge in [0.2, 0.25) is 0 Å². The first-order chi connectivity index (χ1) is 27.9. The number of aromatic nitrogens is 8. The van der Waals surface area contributed by atoms with Crippen LogP contribution >= 0.6 is 22.7 Å². The lowest BCUT2D eigenvalue weighted by Crippen LogP contribution is -2.37. The summed E-state index contributed by atoms with van der Waals surface area (Å²) in [5.74, 6) is 0.681. The largest absolute Gasteiger partial charge is 0.476 e. The first kappa shape index (κ1) is 37.4. The number of carboxylic acids is 1. The zero-order valence-corrected chi connectivity index (χ0v) is 32.2. The molecular weight excluding hydrogens is 761 g/mol. The Morgan fingerprint density at radius 1 is 0.667 bits per heavy atom. The van der Waals surface area contributed by atoms with Crippen LogP contribution in [0.3, 0.4) is 0 Å². The van der Waals surface area contributed by atoms with Gasteiger partial charge in [0.25, 0.3) is 5.91 Å². The number of imidazole rings is 2. The van der Waals surface area contributed by atoms with Crippen molar-refractivity contribution < 1.29 is 14.7 Å². The molecule has 0 spiro atoms. The van der Waals surface area contributed by atoms with Gasteiger partial charge in [0.05, 0.1) is 0 Å². The van der Waals surface area contributed by atoms with Gasteiger partial charge in [0, 0.05) is 110 Å². The fraction of sp³-hybridized carbons (Fsp3) is 0.200. The van der Waals surface area contributed by atoms with Crippen LogP contribution in [0, 0.1) is 0 Å². The summed E-state index contributed by atoms with van der Waals surface area (Å²) < 4.78 is 3.93. The highest BCUT2D eigenvalue weighted by atomic mass is 32.1. The molecule has 2 aliphatic heterocycles. The maximum absolute atomic E-state index is 12.6. The summed E-state index contributed by atoms with van der Waals surface area (Å²) in [4.78, 5) is 53.7. The van der Waals surface area contributed by atoms with E-state index in [0.717, 1.165) is 76.5 Å². The summed E-state index contributed by atoms with van der Waals surface area (Å²) in [6.45, 7) is 3.39. The summed E-state index contributed by atoms with van der Waals surface area (Å²) >= 11 is 2.82. The van der Waals surface area contributed by atoms with Crippen molar-refractivity contribution in [2.45, 2.75) is 24.9 Å². The smallest absolute Gasteiger partial charge is 0.355 e. The number of amides is 1. The lowest BCUT2D eigenvalue weighted by atomic mass is 10.2. The van der Waals surface area contributed by atoms with Crippen molar-refractivity contribution >= 4 is 57.5 Å². The van der Waals surface area contributed by atoms with Crippen molar-refractivity contribution in [1.29, 1.82) is 0 Å². The number of nitrogens with two attached hydrogens (primary N) is 1. The van der Waals surface area contributed by atoms with E-state index >= 15 is 0 Å². The predicted octanol–water partition coefficient (Wildman–Crippen LogP) is 5.64. The molecule has 0 aliphatic carbocycles. The first-order valence-corrected chi connectivity index (χ1v) is 20.0. The van der Waals surface area contributed by atoms with Gasteiger partial charge in [-0.3, -0.25) is 4.79 Å². The number of carboxylic acid groups (broad SMARTS) is 1. The highest BCUT2D eigenvalue weighted by molar-refractivity contribution is 7.13. The highest BCUT2D eigenvalue weighted by Gasteiger charge is 2.27. The molecule has 2 fully saturated rings. The predicted molar refractivity (Wildman–Crippen MR) is 221 cm³/mol. The molecule has 8 heterocycles. The Balaban J connectivity index is 0.000000132. The molecule has 6 aromatic heterocycles. The molecule has 2 aromatic carbocycles. The van der Waals surface area contributed by atoms with E-state index in [4.69, 9.17) is 10.8 Å². The molecule has 2 aliphatic rings. The summed E-state index contributed by atoms with van der Waals surface area (Å²) in [7, 11) is 0. The topological polar surface area (TPSA) is 185 Å². The highest BCUT2D eigenvalue weighted by Crippen LogP contribution is 2.26. The number of hydrogen-bond acceptors (Lipinski definition) is 13. The third-order valence-electron chi connectivity index (χ3n) is 9.43. The van der Waals surface area contributed by atoms with Crippen molar-refractivity contribution in [2.75, 3.05) is 36.0 Å². The van der Waals surface area contributed by atoms with Crippen molar-refractivity contribution in [3.8, 4) is 21.1 Å². The second-order valence-electron chi connectivity index (χ2n) is 13.3. The molecule has 2 atom stereocenters. The lowest BCUT2D eigenvalue weighted by molar-refractivity contribution is 0.0691. The molecule has 288 valence electrons. The molecule has 57 heavy (non-hydrogen) atoms. The number of thiazole rings is 2. The Labute approximate surface area is 335 Å². The van der Waals surface area contributed by atoms with Crippen molar-refractivity contribution in [3.63, 3.8) is 0 Å². The molecule has 2 saturated heterocycles. The number of hydrogen-bond donors (Lipinski definition) is 3. The fourth-order valence-electron chi connectivity index (χ4n) is 6.61. The van der Waals surface area contributed by atoms with Gasteiger partial charge in [-0.25, -0.2) is 34.7 Å². The Hall–Kier alpha value is -6.56. The van der Waals surface area contributed by atoms with Crippen LogP contribution < -0.4 is 20.9 Å². The van der Waals surface area contributed by atoms with Gasteiger partial charge < -0.3 is 34.8 Å². The second-order valence-corrected chi connectivity index (χ2v) is 15.0. The van der Waals surface area contributed by atoms with Crippen LogP contribution in [0.2, 0.25) is 0 Å². The number of benzene rings is 2. The SMILES string of the molecule is N[C@H]1CCN(c2nccn3ccnc23)C1.O=C(N[C@H]1CCN(c2nccn3ccnc23)C1)c1csc(-c2ccccc2)n1.O=C(O)c1csc(-c2ccccc2)n1. The zero-order chi connectivity index (χ0) is 39.1. The Morgan fingerprint density at radius 3 is 1.67 bits per heavy atom. The van der Waals surface area contributed by atoms with E-state index in [1.54, 1.807) is 30.2 Å². The minimum Gasteiger partial charge on any atom is -0.476 e. The van der Waals surface area contributed by atoms with E-state index in [-0.39, 0.29) is 23.7 Å². The van der Waals surface area contributed by atoms with Gasteiger partial charge >= 0.3 is 5.97 Å². The van der Waals surface area contributed by atoms with Crippen LogP contribution in [0.4, 0.5) is 11.6 Å². The first-order valence-electron chi connectivity index (χ1n) is 18.3. The van der Waals surface area contributed by atoms with Gasteiger partial charge in [-0.05, 0) is 12.8 Å². The van der Waals surface area contributed by atoms with E-state index in [0.29, 0.717) is 12.2 Å². The van der Waals surface area contributed by atoms with Crippen LogP contribution in [0.25, 0.3) is 32.4 Å². The van der Waals surface area contributed by atoms with Gasteiger partial charge in [0.1, 0.15) is 15.7 Å². The standard InChI is InChI=1S/C20H18N6OS.C10H13N5.C10H7NO2S/c27-19(16-13-28-20(24-16)14-4-2-1-3-5-14)23-15-6-9-26(12-15)18-17-21-7-10-25(17)11-8-22-18;11-8-1-4-15(7-8)10-9-12-2-5-14(9)6-3-13-10;12-10(13)8-6-14-9(11-8)7-4-2-1-3-5-7/h1-5,7-8,10-11,13,15H,6,9,12H2,(H,23,27);2-3,5-6,8H,1,4,7,11H2;1-6H,(H,12,13)/t15-;8-;/m00./s1. The minimum atomic E-state index is -0.983. The molecule has 17 heteroatoms. The third kappa shape index (κ3) is 8.65. The number of fused-ring (bicyclic) bond motifs is 2. The Kier molecular flexibility index (Phi) is 11.2. The molecule has 0 radical (unpaired) electrons. The molecule has 15 nitrogen and oxygen atoms in total. The zero-order valence-electron chi connectivity index (χ0n) is 30.6. The number of nitrogens with one attached hydrogen (secondary N) is 1. The van der Waals surface area contributed by atoms with E-state index in [1.165, 1.54) is 22.7 Å². The normalized spacial score (nSPS) is 16.2. The fourth-order valence-corrected chi connectivity index (χ4v) is 8.22.